The van der Waals surface area contributed by atoms with Gasteiger partial charge in [0.2, 0.25) is 0 Å². The van der Waals surface area contributed by atoms with Crippen LogP contribution in [0.3, 0.4) is 0 Å². The molecule has 1 aromatic carbocycles. The van der Waals surface area contributed by atoms with Gasteiger partial charge in [-0.1, -0.05) is 37.3 Å². The van der Waals surface area contributed by atoms with Crippen LogP contribution in [-0.4, -0.2) is 20.2 Å². The van der Waals surface area contributed by atoms with Gasteiger partial charge in [-0.2, -0.15) is 0 Å². The molecule has 0 aliphatic rings. The number of hydrogen-bond donors (Lipinski definition) is 1. The summed E-state index contributed by atoms with van der Waals surface area (Å²) in [6, 6.07) is 8.97. The fraction of sp³-hybridized carbons (Fsp3) is 0.500. The van der Waals surface area contributed by atoms with Gasteiger partial charge in [0, 0.05) is 6.04 Å². The number of hydrogen-bond acceptors (Lipinski definition) is 3. The van der Waals surface area contributed by atoms with Gasteiger partial charge in [0.05, 0.1) is 11.0 Å². The summed E-state index contributed by atoms with van der Waals surface area (Å²) in [5.74, 6) is 0.0551. The second kappa shape index (κ2) is 5.46. The van der Waals surface area contributed by atoms with E-state index in [-0.39, 0.29) is 11.8 Å². The second-order valence-corrected chi connectivity index (χ2v) is 6.42. The largest absolute Gasteiger partial charge is 0.327 e. The SMILES string of the molecule is CCC(N)CS(=O)(=O)C(C)c1ccccc1. The Labute approximate surface area is 97.6 Å². The van der Waals surface area contributed by atoms with Crippen molar-refractivity contribution in [3.05, 3.63) is 35.9 Å². The third-order valence-corrected chi connectivity index (χ3v) is 5.02. The van der Waals surface area contributed by atoms with Crippen LogP contribution >= 0.6 is 0 Å². The Bertz CT molecular complexity index is 414. The van der Waals surface area contributed by atoms with Gasteiger partial charge >= 0.3 is 0 Å². The van der Waals surface area contributed by atoms with Crippen LogP contribution in [0.2, 0.25) is 0 Å². The maximum atomic E-state index is 12.0. The van der Waals surface area contributed by atoms with Crippen molar-refractivity contribution in [1.29, 1.82) is 0 Å². The molecule has 0 amide bonds. The molecule has 0 spiro atoms. The first kappa shape index (κ1) is 13.2. The van der Waals surface area contributed by atoms with E-state index in [0.29, 0.717) is 6.42 Å². The summed E-state index contributed by atoms with van der Waals surface area (Å²) in [6.45, 7) is 3.61. The van der Waals surface area contributed by atoms with Crippen molar-refractivity contribution in [3.8, 4) is 0 Å². The summed E-state index contributed by atoms with van der Waals surface area (Å²) < 4.78 is 24.0. The van der Waals surface area contributed by atoms with E-state index < -0.39 is 15.1 Å². The summed E-state index contributed by atoms with van der Waals surface area (Å²) in [5, 5.41) is -0.480. The van der Waals surface area contributed by atoms with Gasteiger partial charge in [-0.3, -0.25) is 0 Å². The molecule has 0 radical (unpaired) electrons. The van der Waals surface area contributed by atoms with E-state index in [1.165, 1.54) is 0 Å². The molecule has 3 nitrogen and oxygen atoms in total. The smallest absolute Gasteiger partial charge is 0.158 e. The van der Waals surface area contributed by atoms with Crippen molar-refractivity contribution in [3.63, 3.8) is 0 Å². The maximum absolute atomic E-state index is 12.0. The molecule has 2 N–H and O–H groups in total. The predicted octanol–water partition coefficient (Wildman–Crippen LogP) is 1.90. The highest BCUT2D eigenvalue weighted by Gasteiger charge is 2.24. The third-order valence-electron chi connectivity index (χ3n) is 2.78. The molecule has 0 saturated carbocycles. The van der Waals surface area contributed by atoms with Gasteiger partial charge in [-0.15, -0.1) is 0 Å². The van der Waals surface area contributed by atoms with Crippen LogP contribution in [0.1, 0.15) is 31.1 Å². The number of rotatable bonds is 5. The van der Waals surface area contributed by atoms with Gasteiger partial charge in [0.25, 0.3) is 0 Å². The molecule has 1 rings (SSSR count). The molecule has 0 saturated heterocycles. The quantitative estimate of drug-likeness (QED) is 0.856. The Kier molecular flexibility index (Phi) is 4.50. The van der Waals surface area contributed by atoms with Crippen LogP contribution in [0.4, 0.5) is 0 Å². The minimum atomic E-state index is -3.15. The fourth-order valence-electron chi connectivity index (χ4n) is 1.49. The normalized spacial score (nSPS) is 15.7. The topological polar surface area (TPSA) is 60.2 Å². The molecule has 2 atom stereocenters. The molecule has 0 bridgehead atoms. The average molecular weight is 241 g/mol. The van der Waals surface area contributed by atoms with E-state index in [2.05, 4.69) is 0 Å². The summed E-state index contributed by atoms with van der Waals surface area (Å²) in [7, 11) is -3.15. The molecule has 1 aromatic rings. The molecule has 4 heteroatoms. The van der Waals surface area contributed by atoms with Crippen LogP contribution in [0.25, 0.3) is 0 Å². The molecule has 0 aliphatic heterocycles. The summed E-state index contributed by atoms with van der Waals surface area (Å²) in [5.41, 5.74) is 6.52. The van der Waals surface area contributed by atoms with Gasteiger partial charge in [0.1, 0.15) is 0 Å². The first-order valence-corrected chi connectivity index (χ1v) is 7.21. The van der Waals surface area contributed by atoms with Crippen molar-refractivity contribution in [2.24, 2.45) is 5.73 Å². The highest BCUT2D eigenvalue weighted by Crippen LogP contribution is 2.22. The van der Waals surface area contributed by atoms with Crippen molar-refractivity contribution >= 4 is 9.84 Å². The van der Waals surface area contributed by atoms with Crippen molar-refractivity contribution < 1.29 is 8.42 Å². The second-order valence-electron chi connectivity index (χ2n) is 4.05. The van der Waals surface area contributed by atoms with Crippen LogP contribution in [0.15, 0.2) is 30.3 Å². The molecule has 0 aromatic heterocycles. The highest BCUT2D eigenvalue weighted by atomic mass is 32.2. The molecule has 0 aliphatic carbocycles. The molecular weight excluding hydrogens is 222 g/mol. The Hall–Kier alpha value is -0.870. The molecule has 0 heterocycles. The van der Waals surface area contributed by atoms with E-state index in [1.807, 2.05) is 37.3 Å². The Morgan fingerprint density at radius 2 is 1.81 bits per heavy atom. The molecule has 2 unspecified atom stereocenters. The minimum absolute atomic E-state index is 0.0551. The zero-order chi connectivity index (χ0) is 12.2. The Morgan fingerprint density at radius 1 is 1.25 bits per heavy atom. The number of sulfone groups is 1. The van der Waals surface area contributed by atoms with Gasteiger partial charge in [-0.25, -0.2) is 8.42 Å². The van der Waals surface area contributed by atoms with Crippen LogP contribution in [0, 0.1) is 0 Å². The van der Waals surface area contributed by atoms with Crippen LogP contribution in [-0.2, 0) is 9.84 Å². The Balaban J connectivity index is 2.85. The van der Waals surface area contributed by atoms with E-state index in [4.69, 9.17) is 5.73 Å². The van der Waals surface area contributed by atoms with Crippen molar-refractivity contribution in [2.75, 3.05) is 5.75 Å². The first-order chi connectivity index (χ1) is 7.47. The highest BCUT2D eigenvalue weighted by molar-refractivity contribution is 7.91. The maximum Gasteiger partial charge on any atom is 0.158 e. The predicted molar refractivity (Wildman–Crippen MR) is 66.9 cm³/mol. The zero-order valence-electron chi connectivity index (χ0n) is 9.76. The van der Waals surface area contributed by atoms with E-state index >= 15 is 0 Å². The first-order valence-electron chi connectivity index (χ1n) is 5.49. The van der Waals surface area contributed by atoms with Gasteiger partial charge < -0.3 is 5.73 Å². The average Bonchev–Trinajstić information content (AvgIpc) is 2.28. The van der Waals surface area contributed by atoms with Gasteiger partial charge in [0.15, 0.2) is 9.84 Å². The number of benzene rings is 1. The summed E-state index contributed by atoms with van der Waals surface area (Å²) in [4.78, 5) is 0. The molecule has 90 valence electrons. The lowest BCUT2D eigenvalue weighted by Gasteiger charge is -2.16. The van der Waals surface area contributed by atoms with Gasteiger partial charge in [-0.05, 0) is 18.9 Å². The zero-order valence-corrected chi connectivity index (χ0v) is 10.6. The fourth-order valence-corrected chi connectivity index (χ4v) is 3.18. The van der Waals surface area contributed by atoms with Crippen molar-refractivity contribution in [2.45, 2.75) is 31.6 Å². The number of nitrogens with two attached hydrogens (primary N) is 1. The monoisotopic (exact) mass is 241 g/mol. The lowest BCUT2D eigenvalue weighted by Crippen LogP contribution is -2.30. The third kappa shape index (κ3) is 3.32. The van der Waals surface area contributed by atoms with E-state index in [1.54, 1.807) is 6.92 Å². The minimum Gasteiger partial charge on any atom is -0.327 e. The lowest BCUT2D eigenvalue weighted by molar-refractivity contribution is 0.574. The molecule has 0 fully saturated rings. The lowest BCUT2D eigenvalue weighted by atomic mass is 10.2. The Morgan fingerprint density at radius 3 is 2.31 bits per heavy atom. The summed E-state index contributed by atoms with van der Waals surface area (Å²) >= 11 is 0. The molecule has 16 heavy (non-hydrogen) atoms. The van der Waals surface area contributed by atoms with E-state index in [0.717, 1.165) is 5.56 Å². The van der Waals surface area contributed by atoms with Crippen LogP contribution in [0.5, 0.6) is 0 Å². The summed E-state index contributed by atoms with van der Waals surface area (Å²) in [6.07, 6.45) is 0.681. The van der Waals surface area contributed by atoms with Crippen LogP contribution < -0.4 is 5.73 Å². The standard InChI is InChI=1S/C12H19NO2S/c1-3-12(13)9-16(14,15)10(2)11-7-5-4-6-8-11/h4-8,10,12H,3,9,13H2,1-2H3. The van der Waals surface area contributed by atoms with E-state index in [9.17, 15) is 8.42 Å². The van der Waals surface area contributed by atoms with Crippen molar-refractivity contribution in [1.82, 2.24) is 0 Å². The molecular formula is C12H19NO2S.